The topological polar surface area (TPSA) is 56.0 Å². The van der Waals surface area contributed by atoms with Gasteiger partial charge in [0.05, 0.1) is 0 Å². The fraction of sp³-hybridized carbons (Fsp3) is 0.143. The van der Waals surface area contributed by atoms with Crippen molar-refractivity contribution in [3.8, 4) is 0 Å². The number of primary amides is 1. The van der Waals surface area contributed by atoms with Gasteiger partial charge in [-0.25, -0.2) is 0 Å². The first-order chi connectivity index (χ1) is 8.15. The Hall–Kier alpha value is -2.16. The van der Waals surface area contributed by atoms with Gasteiger partial charge in [-0.2, -0.15) is 0 Å². The standard InChI is InChI=1S/C14H14N2O/c1-10-2-4-11(5-3-10)8-12-6-7-16-13(9-12)14(15)17/h2-7,9H,8H2,1H3,(H2,15,17). The van der Waals surface area contributed by atoms with Crippen molar-refractivity contribution in [1.29, 1.82) is 0 Å². The van der Waals surface area contributed by atoms with Crippen LogP contribution in [0.4, 0.5) is 0 Å². The molecule has 1 aromatic carbocycles. The lowest BCUT2D eigenvalue weighted by molar-refractivity contribution is 0.0995. The molecule has 2 rings (SSSR count). The minimum absolute atomic E-state index is 0.314. The number of hydrogen-bond acceptors (Lipinski definition) is 2. The lowest BCUT2D eigenvalue weighted by Crippen LogP contribution is -2.13. The minimum Gasteiger partial charge on any atom is -0.364 e. The van der Waals surface area contributed by atoms with Gasteiger partial charge in [0.1, 0.15) is 5.69 Å². The Morgan fingerprint density at radius 2 is 1.88 bits per heavy atom. The van der Waals surface area contributed by atoms with Crippen molar-refractivity contribution in [2.24, 2.45) is 5.73 Å². The molecule has 2 N–H and O–H groups in total. The third-order valence-corrected chi connectivity index (χ3v) is 2.61. The molecule has 0 aliphatic carbocycles. The van der Waals surface area contributed by atoms with Crippen LogP contribution in [0.2, 0.25) is 0 Å². The third kappa shape index (κ3) is 2.91. The highest BCUT2D eigenvalue weighted by atomic mass is 16.1. The van der Waals surface area contributed by atoms with Crippen molar-refractivity contribution in [2.75, 3.05) is 0 Å². The van der Waals surface area contributed by atoms with Crippen LogP contribution in [0.15, 0.2) is 42.6 Å². The monoisotopic (exact) mass is 226 g/mol. The minimum atomic E-state index is -0.490. The summed E-state index contributed by atoms with van der Waals surface area (Å²) in [7, 11) is 0. The summed E-state index contributed by atoms with van der Waals surface area (Å²) in [6.07, 6.45) is 2.40. The number of pyridine rings is 1. The Kier molecular flexibility index (Phi) is 3.19. The summed E-state index contributed by atoms with van der Waals surface area (Å²) in [5.74, 6) is -0.490. The average Bonchev–Trinajstić information content (AvgIpc) is 2.32. The molecule has 0 radical (unpaired) electrons. The zero-order chi connectivity index (χ0) is 12.3. The number of amides is 1. The van der Waals surface area contributed by atoms with E-state index in [1.54, 1.807) is 12.3 Å². The number of carbonyl (C=O) groups is 1. The van der Waals surface area contributed by atoms with E-state index in [0.29, 0.717) is 5.69 Å². The molecule has 0 fully saturated rings. The average molecular weight is 226 g/mol. The maximum absolute atomic E-state index is 11.0. The van der Waals surface area contributed by atoms with E-state index >= 15 is 0 Å². The van der Waals surface area contributed by atoms with Crippen LogP contribution in [0.3, 0.4) is 0 Å². The molecule has 1 amide bonds. The van der Waals surface area contributed by atoms with E-state index in [4.69, 9.17) is 5.73 Å². The Balaban J connectivity index is 2.21. The first kappa shape index (κ1) is 11.3. The Morgan fingerprint density at radius 1 is 1.18 bits per heavy atom. The molecule has 1 aromatic heterocycles. The van der Waals surface area contributed by atoms with Crippen LogP contribution in [0.25, 0.3) is 0 Å². The van der Waals surface area contributed by atoms with Crippen LogP contribution in [0.5, 0.6) is 0 Å². The summed E-state index contributed by atoms with van der Waals surface area (Å²) < 4.78 is 0. The lowest BCUT2D eigenvalue weighted by Gasteiger charge is -2.03. The van der Waals surface area contributed by atoms with Gasteiger partial charge in [-0.3, -0.25) is 9.78 Å². The molecule has 0 aliphatic rings. The number of aryl methyl sites for hydroxylation is 1. The van der Waals surface area contributed by atoms with Gasteiger partial charge in [0, 0.05) is 6.20 Å². The summed E-state index contributed by atoms with van der Waals surface area (Å²) in [4.78, 5) is 14.9. The molecule has 3 nitrogen and oxygen atoms in total. The summed E-state index contributed by atoms with van der Waals surface area (Å²) >= 11 is 0. The van der Waals surface area contributed by atoms with Crippen molar-refractivity contribution in [3.63, 3.8) is 0 Å². The summed E-state index contributed by atoms with van der Waals surface area (Å²) in [6.45, 7) is 2.06. The van der Waals surface area contributed by atoms with E-state index in [2.05, 4.69) is 36.2 Å². The quantitative estimate of drug-likeness (QED) is 0.871. The fourth-order valence-corrected chi connectivity index (χ4v) is 1.66. The van der Waals surface area contributed by atoms with Gasteiger partial charge >= 0.3 is 0 Å². The molecule has 3 heteroatoms. The molecule has 17 heavy (non-hydrogen) atoms. The molecule has 0 saturated heterocycles. The first-order valence-corrected chi connectivity index (χ1v) is 5.45. The van der Waals surface area contributed by atoms with Crippen LogP contribution in [0.1, 0.15) is 27.2 Å². The number of aromatic nitrogens is 1. The van der Waals surface area contributed by atoms with Crippen LogP contribution >= 0.6 is 0 Å². The van der Waals surface area contributed by atoms with E-state index in [1.807, 2.05) is 6.07 Å². The predicted octanol–water partition coefficient (Wildman–Crippen LogP) is 2.08. The Morgan fingerprint density at radius 3 is 2.53 bits per heavy atom. The number of hydrogen-bond donors (Lipinski definition) is 1. The molecule has 0 spiro atoms. The van der Waals surface area contributed by atoms with Crippen molar-refractivity contribution in [1.82, 2.24) is 4.98 Å². The van der Waals surface area contributed by atoms with Gasteiger partial charge in [0.2, 0.25) is 0 Å². The van der Waals surface area contributed by atoms with Crippen molar-refractivity contribution < 1.29 is 4.79 Å². The van der Waals surface area contributed by atoms with Crippen LogP contribution in [-0.4, -0.2) is 10.9 Å². The van der Waals surface area contributed by atoms with Gasteiger partial charge in [0.15, 0.2) is 0 Å². The highest BCUT2D eigenvalue weighted by molar-refractivity contribution is 5.90. The Bertz CT molecular complexity index is 532. The van der Waals surface area contributed by atoms with Gasteiger partial charge in [-0.15, -0.1) is 0 Å². The van der Waals surface area contributed by atoms with Crippen molar-refractivity contribution in [2.45, 2.75) is 13.3 Å². The largest absolute Gasteiger partial charge is 0.364 e. The van der Waals surface area contributed by atoms with Gasteiger partial charge in [-0.1, -0.05) is 29.8 Å². The second-order valence-corrected chi connectivity index (χ2v) is 4.08. The molecule has 0 atom stereocenters. The number of rotatable bonds is 3. The van der Waals surface area contributed by atoms with E-state index in [0.717, 1.165) is 12.0 Å². The van der Waals surface area contributed by atoms with Gasteiger partial charge < -0.3 is 5.73 Å². The Labute approximate surface area is 100 Å². The van der Waals surface area contributed by atoms with Gasteiger partial charge in [-0.05, 0) is 36.6 Å². The third-order valence-electron chi connectivity index (χ3n) is 2.61. The van der Waals surface area contributed by atoms with Crippen LogP contribution in [-0.2, 0) is 6.42 Å². The number of nitrogens with zero attached hydrogens (tertiary/aromatic N) is 1. The second-order valence-electron chi connectivity index (χ2n) is 4.08. The van der Waals surface area contributed by atoms with Crippen LogP contribution < -0.4 is 5.73 Å². The normalized spacial score (nSPS) is 10.2. The van der Waals surface area contributed by atoms with Crippen molar-refractivity contribution in [3.05, 3.63) is 65.0 Å². The number of benzene rings is 1. The fourth-order valence-electron chi connectivity index (χ4n) is 1.66. The van der Waals surface area contributed by atoms with E-state index in [1.165, 1.54) is 11.1 Å². The molecular weight excluding hydrogens is 212 g/mol. The zero-order valence-corrected chi connectivity index (χ0v) is 9.68. The smallest absolute Gasteiger partial charge is 0.267 e. The molecule has 0 aliphatic heterocycles. The summed E-state index contributed by atoms with van der Waals surface area (Å²) in [5.41, 5.74) is 8.99. The molecule has 1 heterocycles. The number of nitrogens with two attached hydrogens (primary N) is 1. The summed E-state index contributed by atoms with van der Waals surface area (Å²) in [5, 5.41) is 0. The first-order valence-electron chi connectivity index (χ1n) is 5.45. The highest BCUT2D eigenvalue weighted by Crippen LogP contribution is 2.11. The van der Waals surface area contributed by atoms with Crippen molar-refractivity contribution >= 4 is 5.91 Å². The molecule has 86 valence electrons. The summed E-state index contributed by atoms with van der Waals surface area (Å²) in [6, 6.07) is 11.9. The molecule has 0 bridgehead atoms. The van der Waals surface area contributed by atoms with E-state index in [-0.39, 0.29) is 0 Å². The molecule has 0 unspecified atom stereocenters. The SMILES string of the molecule is Cc1ccc(Cc2ccnc(C(N)=O)c2)cc1. The molecule has 2 aromatic rings. The lowest BCUT2D eigenvalue weighted by atomic mass is 10.0. The number of carbonyl (C=O) groups excluding carboxylic acids is 1. The van der Waals surface area contributed by atoms with Crippen LogP contribution in [0, 0.1) is 6.92 Å². The maximum atomic E-state index is 11.0. The second kappa shape index (κ2) is 4.78. The molecule has 0 saturated carbocycles. The molecular formula is C14H14N2O. The zero-order valence-electron chi connectivity index (χ0n) is 9.68. The predicted molar refractivity (Wildman–Crippen MR) is 66.7 cm³/mol. The highest BCUT2D eigenvalue weighted by Gasteiger charge is 2.03. The van der Waals surface area contributed by atoms with E-state index in [9.17, 15) is 4.79 Å². The van der Waals surface area contributed by atoms with E-state index < -0.39 is 5.91 Å². The maximum Gasteiger partial charge on any atom is 0.267 e. The van der Waals surface area contributed by atoms with Gasteiger partial charge in [0.25, 0.3) is 5.91 Å².